The molecule has 0 bridgehead atoms. The van der Waals surface area contributed by atoms with E-state index in [0.29, 0.717) is 5.75 Å². The van der Waals surface area contributed by atoms with Crippen molar-refractivity contribution in [2.75, 3.05) is 0 Å². The summed E-state index contributed by atoms with van der Waals surface area (Å²) in [6.07, 6.45) is 1.03. The lowest BCUT2D eigenvalue weighted by Crippen LogP contribution is -2.08. The van der Waals surface area contributed by atoms with Gasteiger partial charge in [0.15, 0.2) is 0 Å². The molecule has 0 fully saturated rings. The van der Waals surface area contributed by atoms with Crippen molar-refractivity contribution in [1.29, 1.82) is 0 Å². The van der Waals surface area contributed by atoms with Crippen molar-refractivity contribution in [1.82, 2.24) is 0 Å². The van der Waals surface area contributed by atoms with Crippen LogP contribution >= 0.6 is 0 Å². The maximum atomic E-state index is 9.54. The zero-order chi connectivity index (χ0) is 11.2. The van der Waals surface area contributed by atoms with E-state index in [9.17, 15) is 5.11 Å². The molecule has 0 aliphatic heterocycles. The summed E-state index contributed by atoms with van der Waals surface area (Å²) in [5.41, 5.74) is 5.56. The Morgan fingerprint density at radius 3 is 2.47 bits per heavy atom. The molecule has 0 unspecified atom stereocenters. The van der Waals surface area contributed by atoms with Crippen LogP contribution in [-0.2, 0) is 6.42 Å². The Morgan fingerprint density at radius 2 is 1.87 bits per heavy atom. The van der Waals surface area contributed by atoms with Gasteiger partial charge in [-0.2, -0.15) is 0 Å². The zero-order valence-corrected chi connectivity index (χ0v) is 9.89. The molecular weight excluding hydrogens is 184 g/mol. The van der Waals surface area contributed by atoms with Gasteiger partial charge in [0.05, 0.1) is 0 Å². The maximum absolute atomic E-state index is 9.54. The van der Waals surface area contributed by atoms with Gasteiger partial charge in [-0.15, -0.1) is 0 Å². The van der Waals surface area contributed by atoms with Crippen molar-refractivity contribution in [2.45, 2.75) is 34.1 Å². The Balaban J connectivity index is 2.60. The minimum Gasteiger partial charge on any atom is -0.508 e. The molecular formula is C14H18O. The van der Waals surface area contributed by atoms with E-state index in [4.69, 9.17) is 0 Å². The van der Waals surface area contributed by atoms with Crippen LogP contribution in [0.5, 0.6) is 5.75 Å². The second kappa shape index (κ2) is 3.13. The minimum atomic E-state index is 0.156. The highest BCUT2D eigenvalue weighted by Gasteiger charge is 2.27. The van der Waals surface area contributed by atoms with Crippen LogP contribution in [0.3, 0.4) is 0 Å². The van der Waals surface area contributed by atoms with Crippen LogP contribution in [-0.4, -0.2) is 5.11 Å². The molecule has 15 heavy (non-hydrogen) atoms. The Bertz CT molecular complexity index is 433. The van der Waals surface area contributed by atoms with E-state index in [-0.39, 0.29) is 5.41 Å². The molecule has 0 amide bonds. The Kier molecular flexibility index (Phi) is 2.14. The van der Waals surface area contributed by atoms with E-state index in [2.05, 4.69) is 27.7 Å². The van der Waals surface area contributed by atoms with Crippen LogP contribution in [0.15, 0.2) is 23.8 Å². The summed E-state index contributed by atoms with van der Waals surface area (Å²) in [6, 6.07) is 5.71. The van der Waals surface area contributed by atoms with E-state index < -0.39 is 0 Å². The largest absolute Gasteiger partial charge is 0.508 e. The third kappa shape index (κ3) is 1.67. The number of hydrogen-bond acceptors (Lipinski definition) is 1. The fraction of sp³-hybridized carbons (Fsp3) is 0.429. The second-order valence-electron chi connectivity index (χ2n) is 5.42. The highest BCUT2D eigenvalue weighted by Crippen LogP contribution is 2.44. The molecule has 0 atom stereocenters. The summed E-state index contributed by atoms with van der Waals surface area (Å²) < 4.78 is 0. The van der Waals surface area contributed by atoms with Crippen LogP contribution < -0.4 is 0 Å². The summed E-state index contributed by atoms with van der Waals surface area (Å²) in [7, 11) is 0. The quantitative estimate of drug-likeness (QED) is 0.679. The van der Waals surface area contributed by atoms with Crippen molar-refractivity contribution in [3.63, 3.8) is 0 Å². The van der Waals surface area contributed by atoms with Crippen LogP contribution in [0.25, 0.3) is 5.57 Å². The molecule has 1 aromatic rings. The number of benzene rings is 1. The first-order valence-electron chi connectivity index (χ1n) is 5.42. The van der Waals surface area contributed by atoms with Crippen LogP contribution in [0, 0.1) is 5.41 Å². The topological polar surface area (TPSA) is 20.2 Å². The molecule has 80 valence electrons. The molecule has 0 heterocycles. The van der Waals surface area contributed by atoms with Gasteiger partial charge >= 0.3 is 0 Å². The molecule has 0 aromatic heterocycles. The van der Waals surface area contributed by atoms with Crippen LogP contribution in [0.4, 0.5) is 0 Å². The monoisotopic (exact) mass is 202 g/mol. The lowest BCUT2D eigenvalue weighted by molar-refractivity contribution is 0.474. The van der Waals surface area contributed by atoms with Gasteiger partial charge in [0.1, 0.15) is 5.75 Å². The van der Waals surface area contributed by atoms with Gasteiger partial charge in [0.25, 0.3) is 0 Å². The second-order valence-corrected chi connectivity index (χ2v) is 5.42. The van der Waals surface area contributed by atoms with Gasteiger partial charge < -0.3 is 5.11 Å². The van der Waals surface area contributed by atoms with Crippen molar-refractivity contribution in [3.05, 3.63) is 34.9 Å². The first-order valence-corrected chi connectivity index (χ1v) is 5.42. The normalized spacial score (nSPS) is 15.7. The highest BCUT2D eigenvalue weighted by atomic mass is 16.3. The predicted molar refractivity (Wildman–Crippen MR) is 63.9 cm³/mol. The predicted octanol–water partition coefficient (Wildman–Crippen LogP) is 3.77. The number of rotatable bonds is 0. The van der Waals surface area contributed by atoms with E-state index in [1.807, 2.05) is 12.1 Å². The summed E-state index contributed by atoms with van der Waals surface area (Å²) >= 11 is 0. The Hall–Kier alpha value is -1.24. The van der Waals surface area contributed by atoms with Crippen LogP contribution in [0.2, 0.25) is 0 Å². The number of allylic oxidation sites excluding steroid dienone is 2. The van der Waals surface area contributed by atoms with Gasteiger partial charge in [0.2, 0.25) is 0 Å². The number of fused-ring (bicyclic) bond motifs is 1. The van der Waals surface area contributed by atoms with Gasteiger partial charge in [0, 0.05) is 0 Å². The molecule has 1 N–H and O–H groups in total. The number of hydrogen-bond donors (Lipinski definition) is 1. The van der Waals surface area contributed by atoms with E-state index in [1.165, 1.54) is 22.3 Å². The first-order chi connectivity index (χ1) is 6.89. The molecule has 1 aromatic carbocycles. The molecule has 0 saturated carbocycles. The third-order valence-corrected chi connectivity index (χ3v) is 3.00. The van der Waals surface area contributed by atoms with Gasteiger partial charge in [-0.3, -0.25) is 0 Å². The highest BCUT2D eigenvalue weighted by molar-refractivity contribution is 5.79. The average Bonchev–Trinajstić information content (AvgIpc) is 2.38. The lowest BCUT2D eigenvalue weighted by Gasteiger charge is -2.23. The van der Waals surface area contributed by atoms with E-state index in [0.717, 1.165) is 6.42 Å². The first kappa shape index (κ1) is 10.3. The zero-order valence-electron chi connectivity index (χ0n) is 9.89. The lowest BCUT2D eigenvalue weighted by atomic mass is 9.82. The third-order valence-electron chi connectivity index (χ3n) is 3.00. The maximum Gasteiger partial charge on any atom is 0.116 e. The standard InChI is InChI=1S/C14H18O/c1-9-7-10-5-6-11(15)8-12(10)13(9)14(2,3)4/h5-6,8,15H,7H2,1-4H3. The van der Waals surface area contributed by atoms with Gasteiger partial charge in [-0.25, -0.2) is 0 Å². The number of phenols is 1. The molecule has 1 aliphatic carbocycles. The fourth-order valence-electron chi connectivity index (χ4n) is 2.60. The summed E-state index contributed by atoms with van der Waals surface area (Å²) in [5, 5.41) is 9.54. The minimum absolute atomic E-state index is 0.156. The molecule has 0 spiro atoms. The Labute approximate surface area is 91.4 Å². The fourth-order valence-corrected chi connectivity index (χ4v) is 2.60. The van der Waals surface area contributed by atoms with Gasteiger partial charge in [-0.05, 0) is 47.6 Å². The van der Waals surface area contributed by atoms with Crippen molar-refractivity contribution in [2.24, 2.45) is 5.41 Å². The SMILES string of the molecule is CC1=C(C(C)(C)C)c2cc(O)ccc2C1. The number of phenolic OH excluding ortho intramolecular Hbond substituents is 1. The molecule has 0 saturated heterocycles. The molecule has 1 aliphatic rings. The molecule has 0 radical (unpaired) electrons. The Morgan fingerprint density at radius 1 is 1.20 bits per heavy atom. The molecule has 1 heteroatoms. The van der Waals surface area contributed by atoms with Crippen molar-refractivity contribution in [3.8, 4) is 5.75 Å². The van der Waals surface area contributed by atoms with Crippen molar-refractivity contribution >= 4 is 5.57 Å². The van der Waals surface area contributed by atoms with Crippen LogP contribution in [0.1, 0.15) is 38.8 Å². The summed E-state index contributed by atoms with van der Waals surface area (Å²) in [5.74, 6) is 0.366. The molecule has 1 nitrogen and oxygen atoms in total. The molecule has 2 rings (SSSR count). The average molecular weight is 202 g/mol. The van der Waals surface area contributed by atoms with E-state index in [1.54, 1.807) is 6.07 Å². The van der Waals surface area contributed by atoms with Crippen molar-refractivity contribution < 1.29 is 5.11 Å². The summed E-state index contributed by atoms with van der Waals surface area (Å²) in [4.78, 5) is 0. The number of aromatic hydroxyl groups is 1. The van der Waals surface area contributed by atoms with Gasteiger partial charge in [-0.1, -0.05) is 32.4 Å². The summed E-state index contributed by atoms with van der Waals surface area (Å²) in [6.45, 7) is 8.87. The van der Waals surface area contributed by atoms with E-state index >= 15 is 0 Å². The smallest absolute Gasteiger partial charge is 0.116 e.